The standard InChI is InChI=1S/C10H12N2/c1-7-8(2)12-6-4-3-5-9(12)10(7)11/h3-6H,11H2,1-2H3. The first-order valence-electron chi connectivity index (χ1n) is 4.03. The predicted molar refractivity (Wildman–Crippen MR) is 51.3 cm³/mol. The Kier molecular flexibility index (Phi) is 1.37. The summed E-state index contributed by atoms with van der Waals surface area (Å²) in [6, 6.07) is 6.05. The van der Waals surface area contributed by atoms with Gasteiger partial charge in [-0.25, -0.2) is 0 Å². The van der Waals surface area contributed by atoms with E-state index < -0.39 is 0 Å². The second-order valence-electron chi connectivity index (χ2n) is 3.08. The van der Waals surface area contributed by atoms with E-state index in [9.17, 15) is 0 Å². The molecule has 0 aliphatic heterocycles. The van der Waals surface area contributed by atoms with E-state index >= 15 is 0 Å². The normalized spacial score (nSPS) is 10.8. The molecule has 62 valence electrons. The number of anilines is 1. The van der Waals surface area contributed by atoms with Crippen LogP contribution in [0.2, 0.25) is 0 Å². The quantitative estimate of drug-likeness (QED) is 0.628. The minimum absolute atomic E-state index is 0.896. The fraction of sp³-hybridized carbons (Fsp3) is 0.200. The molecule has 0 atom stereocenters. The number of hydrogen-bond donors (Lipinski definition) is 1. The summed E-state index contributed by atoms with van der Waals surface area (Å²) in [6.07, 6.45) is 2.04. The molecule has 0 saturated heterocycles. The van der Waals surface area contributed by atoms with Crippen molar-refractivity contribution < 1.29 is 0 Å². The molecule has 2 aromatic heterocycles. The molecule has 2 aromatic rings. The molecule has 0 aliphatic carbocycles. The van der Waals surface area contributed by atoms with Crippen molar-refractivity contribution in [3.05, 3.63) is 35.7 Å². The molecule has 0 bridgehead atoms. The smallest absolute Gasteiger partial charge is 0.0686 e. The van der Waals surface area contributed by atoms with Crippen molar-refractivity contribution in [2.24, 2.45) is 0 Å². The third kappa shape index (κ3) is 0.749. The molecule has 0 aromatic carbocycles. The van der Waals surface area contributed by atoms with E-state index in [1.165, 1.54) is 11.3 Å². The summed E-state index contributed by atoms with van der Waals surface area (Å²) in [5.74, 6) is 0. The van der Waals surface area contributed by atoms with Crippen LogP contribution in [-0.4, -0.2) is 4.40 Å². The summed E-state index contributed by atoms with van der Waals surface area (Å²) in [4.78, 5) is 0. The highest BCUT2D eigenvalue weighted by Crippen LogP contribution is 2.23. The molecule has 2 N–H and O–H groups in total. The average Bonchev–Trinajstić information content (AvgIpc) is 2.33. The van der Waals surface area contributed by atoms with Crippen LogP contribution in [0, 0.1) is 13.8 Å². The van der Waals surface area contributed by atoms with Crippen molar-refractivity contribution in [1.29, 1.82) is 0 Å². The second kappa shape index (κ2) is 2.27. The van der Waals surface area contributed by atoms with Gasteiger partial charge in [0, 0.05) is 11.9 Å². The predicted octanol–water partition coefficient (Wildman–Crippen LogP) is 2.14. The molecule has 0 radical (unpaired) electrons. The van der Waals surface area contributed by atoms with Crippen molar-refractivity contribution in [2.45, 2.75) is 13.8 Å². The first kappa shape index (κ1) is 7.22. The van der Waals surface area contributed by atoms with E-state index in [4.69, 9.17) is 5.73 Å². The number of fused-ring (bicyclic) bond motifs is 1. The zero-order valence-corrected chi connectivity index (χ0v) is 7.33. The van der Waals surface area contributed by atoms with Crippen LogP contribution in [0.1, 0.15) is 11.3 Å². The fourth-order valence-corrected chi connectivity index (χ4v) is 1.52. The number of nitrogens with two attached hydrogens (primary N) is 1. The Morgan fingerprint density at radius 1 is 1.25 bits per heavy atom. The van der Waals surface area contributed by atoms with Gasteiger partial charge in [-0.2, -0.15) is 0 Å². The summed E-state index contributed by atoms with van der Waals surface area (Å²) < 4.78 is 2.12. The van der Waals surface area contributed by atoms with Crippen LogP contribution >= 0.6 is 0 Å². The highest BCUT2D eigenvalue weighted by molar-refractivity contribution is 5.75. The van der Waals surface area contributed by atoms with Crippen molar-refractivity contribution in [3.8, 4) is 0 Å². The lowest BCUT2D eigenvalue weighted by Gasteiger charge is -1.95. The van der Waals surface area contributed by atoms with Gasteiger partial charge in [0.25, 0.3) is 0 Å². The Bertz CT molecular complexity index is 388. The number of rotatable bonds is 0. The van der Waals surface area contributed by atoms with Crippen LogP contribution in [0.4, 0.5) is 5.69 Å². The van der Waals surface area contributed by atoms with Crippen molar-refractivity contribution in [2.75, 3.05) is 5.73 Å². The van der Waals surface area contributed by atoms with Gasteiger partial charge in [0.15, 0.2) is 0 Å². The molecule has 0 aliphatic rings. The molecule has 0 fully saturated rings. The third-order valence-corrected chi connectivity index (χ3v) is 2.44. The Hall–Kier alpha value is -1.44. The van der Waals surface area contributed by atoms with Crippen LogP contribution in [0.25, 0.3) is 5.52 Å². The summed E-state index contributed by atoms with van der Waals surface area (Å²) >= 11 is 0. The molecular weight excluding hydrogens is 148 g/mol. The molecule has 0 unspecified atom stereocenters. The minimum atomic E-state index is 0.896. The first-order valence-corrected chi connectivity index (χ1v) is 4.03. The molecule has 2 heteroatoms. The van der Waals surface area contributed by atoms with E-state index in [-0.39, 0.29) is 0 Å². The molecule has 0 saturated carbocycles. The number of pyridine rings is 1. The first-order chi connectivity index (χ1) is 5.72. The van der Waals surface area contributed by atoms with Crippen molar-refractivity contribution in [1.82, 2.24) is 4.40 Å². The number of nitrogen functional groups attached to an aromatic ring is 1. The van der Waals surface area contributed by atoms with Gasteiger partial charge < -0.3 is 10.1 Å². The van der Waals surface area contributed by atoms with Crippen LogP contribution in [0.5, 0.6) is 0 Å². The van der Waals surface area contributed by atoms with Gasteiger partial charge >= 0.3 is 0 Å². The number of aromatic nitrogens is 1. The summed E-state index contributed by atoms with van der Waals surface area (Å²) in [5, 5.41) is 0. The van der Waals surface area contributed by atoms with E-state index in [0.717, 1.165) is 11.2 Å². The topological polar surface area (TPSA) is 30.4 Å². The van der Waals surface area contributed by atoms with Gasteiger partial charge in [0.2, 0.25) is 0 Å². The van der Waals surface area contributed by atoms with Crippen LogP contribution in [-0.2, 0) is 0 Å². The Morgan fingerprint density at radius 2 is 2.00 bits per heavy atom. The van der Waals surface area contributed by atoms with E-state index in [0.29, 0.717) is 0 Å². The van der Waals surface area contributed by atoms with Gasteiger partial charge in [0.05, 0.1) is 11.2 Å². The van der Waals surface area contributed by atoms with Crippen LogP contribution in [0.3, 0.4) is 0 Å². The lowest BCUT2D eigenvalue weighted by Crippen LogP contribution is -1.85. The molecule has 0 spiro atoms. The Labute approximate surface area is 71.6 Å². The summed E-state index contributed by atoms with van der Waals surface area (Å²) in [6.45, 7) is 4.14. The largest absolute Gasteiger partial charge is 0.397 e. The number of hydrogen-bond acceptors (Lipinski definition) is 1. The Morgan fingerprint density at radius 3 is 2.67 bits per heavy atom. The molecule has 2 rings (SSSR count). The van der Waals surface area contributed by atoms with Crippen molar-refractivity contribution in [3.63, 3.8) is 0 Å². The van der Waals surface area contributed by atoms with E-state index in [1.54, 1.807) is 0 Å². The SMILES string of the molecule is Cc1c(N)c2ccccn2c1C. The van der Waals surface area contributed by atoms with Gasteiger partial charge in [0.1, 0.15) is 0 Å². The fourth-order valence-electron chi connectivity index (χ4n) is 1.52. The van der Waals surface area contributed by atoms with Crippen molar-refractivity contribution >= 4 is 11.2 Å². The molecule has 12 heavy (non-hydrogen) atoms. The van der Waals surface area contributed by atoms with Gasteiger partial charge in [-0.1, -0.05) is 6.07 Å². The van der Waals surface area contributed by atoms with Gasteiger partial charge in [-0.3, -0.25) is 0 Å². The molecular formula is C10H12N2. The highest BCUT2D eigenvalue weighted by Gasteiger charge is 2.06. The van der Waals surface area contributed by atoms with Gasteiger partial charge in [-0.05, 0) is 31.5 Å². The van der Waals surface area contributed by atoms with Crippen LogP contribution in [0.15, 0.2) is 24.4 Å². The lowest BCUT2D eigenvalue weighted by atomic mass is 10.2. The maximum absolute atomic E-state index is 5.92. The van der Waals surface area contributed by atoms with Gasteiger partial charge in [-0.15, -0.1) is 0 Å². The molecule has 0 amide bonds. The minimum Gasteiger partial charge on any atom is -0.397 e. The number of aryl methyl sites for hydroxylation is 1. The maximum atomic E-state index is 5.92. The summed E-state index contributed by atoms with van der Waals surface area (Å²) in [5.41, 5.74) is 10.3. The van der Waals surface area contributed by atoms with E-state index in [2.05, 4.69) is 18.2 Å². The summed E-state index contributed by atoms with van der Waals surface area (Å²) in [7, 11) is 0. The second-order valence-corrected chi connectivity index (χ2v) is 3.08. The highest BCUT2D eigenvalue weighted by atomic mass is 14.9. The monoisotopic (exact) mass is 160 g/mol. The number of nitrogens with zero attached hydrogens (tertiary/aromatic N) is 1. The zero-order chi connectivity index (χ0) is 8.72. The van der Waals surface area contributed by atoms with E-state index in [1.807, 2.05) is 24.4 Å². The lowest BCUT2D eigenvalue weighted by molar-refractivity contribution is 1.09. The average molecular weight is 160 g/mol. The maximum Gasteiger partial charge on any atom is 0.0686 e. The zero-order valence-electron chi connectivity index (χ0n) is 7.33. The Balaban J connectivity index is 2.99. The van der Waals surface area contributed by atoms with Crippen LogP contribution < -0.4 is 5.73 Å². The third-order valence-electron chi connectivity index (χ3n) is 2.44. The molecule has 2 nitrogen and oxygen atoms in total. The molecule has 2 heterocycles.